The molecule has 7 nitrogen and oxygen atoms in total. The van der Waals surface area contributed by atoms with Gasteiger partial charge < -0.3 is 14.6 Å². The molecule has 0 saturated heterocycles. The monoisotopic (exact) mass is 494 g/mol. The highest BCUT2D eigenvalue weighted by molar-refractivity contribution is 5.98. The summed E-state index contributed by atoms with van der Waals surface area (Å²) in [6.07, 6.45) is -0.342. The smallest absolute Gasteiger partial charge is 0.303 e. The van der Waals surface area contributed by atoms with Gasteiger partial charge in [0.25, 0.3) is 0 Å². The Hall–Kier alpha value is -2.42. The summed E-state index contributed by atoms with van der Waals surface area (Å²) in [6.45, 7) is 6.92. The molecule has 4 aliphatic rings. The Morgan fingerprint density at radius 3 is 2.46 bits per heavy atom. The number of ether oxygens (including phenoxy) is 2. The maximum absolute atomic E-state index is 15.5. The molecule has 9 heteroatoms. The second-order valence-electron chi connectivity index (χ2n) is 11.1. The number of aliphatic hydroxyl groups is 1. The Bertz CT molecular complexity index is 1050. The van der Waals surface area contributed by atoms with Crippen molar-refractivity contribution in [1.29, 1.82) is 0 Å². The molecule has 0 heterocycles. The fourth-order valence-electron chi connectivity index (χ4n) is 8.06. The molecule has 0 amide bonds. The zero-order chi connectivity index (χ0) is 26.1. The molecule has 0 radical (unpaired) electrons. The quantitative estimate of drug-likeness (QED) is 0.598. The summed E-state index contributed by atoms with van der Waals surface area (Å²) in [4.78, 5) is 49.2. The van der Waals surface area contributed by atoms with Crippen LogP contribution < -0.4 is 0 Å². The molecule has 0 aliphatic heterocycles. The van der Waals surface area contributed by atoms with E-state index >= 15 is 4.39 Å². The molecule has 0 spiro atoms. The van der Waals surface area contributed by atoms with Crippen LogP contribution in [0.15, 0.2) is 23.6 Å². The van der Waals surface area contributed by atoms with Crippen molar-refractivity contribution in [1.82, 2.24) is 0 Å². The van der Waals surface area contributed by atoms with Crippen molar-refractivity contribution >= 4 is 23.5 Å². The van der Waals surface area contributed by atoms with E-state index in [0.29, 0.717) is 6.42 Å². The van der Waals surface area contributed by atoms with Crippen LogP contribution in [-0.2, 0) is 28.7 Å². The molecular formula is C26H32F2O7. The van der Waals surface area contributed by atoms with Gasteiger partial charge in [0.2, 0.25) is 5.78 Å². The van der Waals surface area contributed by atoms with Gasteiger partial charge in [-0.3, -0.25) is 19.2 Å². The average molecular weight is 495 g/mol. The van der Waals surface area contributed by atoms with E-state index in [2.05, 4.69) is 0 Å². The maximum Gasteiger partial charge on any atom is 0.303 e. The molecule has 0 aromatic rings. The number of carbonyl (C=O) groups excluding carboxylic acids is 4. The van der Waals surface area contributed by atoms with Crippen molar-refractivity contribution < 1.29 is 42.5 Å². The molecule has 0 aromatic carbocycles. The summed E-state index contributed by atoms with van der Waals surface area (Å²) in [5, 5.41) is 11.5. The van der Waals surface area contributed by atoms with Crippen LogP contribution in [0.1, 0.15) is 53.9 Å². The second-order valence-corrected chi connectivity index (χ2v) is 11.1. The summed E-state index contributed by atoms with van der Waals surface area (Å²) in [6, 6.07) is 0. The van der Waals surface area contributed by atoms with E-state index in [4.69, 9.17) is 9.47 Å². The number of alkyl halides is 1. The third-order valence-electron chi connectivity index (χ3n) is 9.20. The van der Waals surface area contributed by atoms with Gasteiger partial charge in [-0.2, -0.15) is 0 Å². The van der Waals surface area contributed by atoms with Crippen LogP contribution in [-0.4, -0.2) is 53.1 Å². The van der Waals surface area contributed by atoms with Gasteiger partial charge in [-0.15, -0.1) is 0 Å². The molecule has 0 bridgehead atoms. The highest BCUT2D eigenvalue weighted by atomic mass is 19.1. The minimum absolute atomic E-state index is 0.0332. The van der Waals surface area contributed by atoms with E-state index in [0.717, 1.165) is 6.08 Å². The minimum Gasteiger partial charge on any atom is -0.458 e. The number of allylic oxidation sites excluding steroid dienone is 4. The topological polar surface area (TPSA) is 107 Å². The predicted octanol–water partition coefficient (Wildman–Crippen LogP) is 3.19. The van der Waals surface area contributed by atoms with Gasteiger partial charge in [0.15, 0.2) is 24.2 Å². The molecule has 0 aromatic heterocycles. The van der Waals surface area contributed by atoms with E-state index in [9.17, 15) is 28.7 Å². The third kappa shape index (κ3) is 3.44. The Morgan fingerprint density at radius 1 is 1.20 bits per heavy atom. The third-order valence-corrected chi connectivity index (χ3v) is 9.20. The first-order chi connectivity index (χ1) is 16.2. The van der Waals surface area contributed by atoms with Crippen LogP contribution in [0.25, 0.3) is 0 Å². The van der Waals surface area contributed by atoms with E-state index < -0.39 is 82.4 Å². The summed E-state index contributed by atoms with van der Waals surface area (Å²) in [5.41, 5.74) is -4.21. The second kappa shape index (κ2) is 8.32. The number of Topliss-reactive ketones (excluding diaryl/α,β-unsaturated/α-hetero) is 1. The van der Waals surface area contributed by atoms with Gasteiger partial charge in [-0.1, -0.05) is 26.8 Å². The van der Waals surface area contributed by atoms with Crippen molar-refractivity contribution in [3.8, 4) is 0 Å². The van der Waals surface area contributed by atoms with Crippen LogP contribution in [0.2, 0.25) is 0 Å². The maximum atomic E-state index is 15.5. The molecule has 2 saturated carbocycles. The van der Waals surface area contributed by atoms with E-state index in [1.54, 1.807) is 20.8 Å². The fraction of sp³-hybridized carbons (Fsp3) is 0.692. The highest BCUT2D eigenvalue weighted by Crippen LogP contribution is 2.69. The first kappa shape index (κ1) is 25.7. The molecule has 4 rings (SSSR count). The summed E-state index contributed by atoms with van der Waals surface area (Å²) in [5.74, 6) is -5.42. The molecule has 4 aliphatic carbocycles. The predicted molar refractivity (Wildman–Crippen MR) is 119 cm³/mol. The Balaban J connectivity index is 1.83. The number of aliphatic hydroxyl groups excluding tert-OH is 1. The Labute approximate surface area is 202 Å². The number of esters is 2. The SMILES string of the molecule is CC(=O)OCC(=O)[C@@]1(OC(C)=O)[C@@H](C)C[C@H]2[C@@H]3CC(F)=C4C(F)C(=O)C=C[C@]4(C)[C@H]3[C@@H](O)C[C@@]21C. The van der Waals surface area contributed by atoms with E-state index in [-0.39, 0.29) is 24.3 Å². The van der Waals surface area contributed by atoms with Crippen LogP contribution in [0.4, 0.5) is 8.78 Å². The van der Waals surface area contributed by atoms with Gasteiger partial charge in [0.05, 0.1) is 6.10 Å². The zero-order valence-electron chi connectivity index (χ0n) is 20.6. The zero-order valence-corrected chi connectivity index (χ0v) is 20.6. The van der Waals surface area contributed by atoms with Crippen molar-refractivity contribution in [2.24, 2.45) is 34.5 Å². The van der Waals surface area contributed by atoms with Crippen molar-refractivity contribution in [3.05, 3.63) is 23.6 Å². The van der Waals surface area contributed by atoms with Crippen LogP contribution >= 0.6 is 0 Å². The van der Waals surface area contributed by atoms with Crippen LogP contribution in [0, 0.1) is 34.5 Å². The number of hydrogen-bond acceptors (Lipinski definition) is 7. The number of hydrogen-bond donors (Lipinski definition) is 1. The first-order valence-electron chi connectivity index (χ1n) is 12.0. The summed E-state index contributed by atoms with van der Waals surface area (Å²) >= 11 is 0. The van der Waals surface area contributed by atoms with Crippen molar-refractivity contribution in [3.63, 3.8) is 0 Å². The number of halogens is 2. The molecule has 9 atom stereocenters. The Morgan fingerprint density at radius 2 is 1.86 bits per heavy atom. The van der Waals surface area contributed by atoms with Crippen LogP contribution in [0.5, 0.6) is 0 Å². The first-order valence-corrected chi connectivity index (χ1v) is 12.0. The standard InChI is InChI=1S/C26H32F2O7/c1-12-8-16-15-9-17(27)22-23(28)18(31)6-7-24(22,4)21(15)19(32)10-25(16,5)26(12,35-14(3)30)20(33)11-34-13(2)29/h6-7,12,15-16,19,21,23,32H,8-11H2,1-5H3/t12-,15-,16-,19-,21+,23?,24+,25-,26-/m0/s1. The lowest BCUT2D eigenvalue weighted by atomic mass is 9.46. The molecular weight excluding hydrogens is 462 g/mol. The molecule has 1 unspecified atom stereocenters. The van der Waals surface area contributed by atoms with Gasteiger partial charge >= 0.3 is 11.9 Å². The largest absolute Gasteiger partial charge is 0.458 e. The van der Waals surface area contributed by atoms with Crippen molar-refractivity contribution in [2.75, 3.05) is 6.61 Å². The van der Waals surface area contributed by atoms with Crippen LogP contribution in [0.3, 0.4) is 0 Å². The number of carbonyl (C=O) groups is 4. The van der Waals surface area contributed by atoms with Crippen molar-refractivity contribution in [2.45, 2.75) is 71.8 Å². The number of ketones is 2. The summed E-state index contributed by atoms with van der Waals surface area (Å²) < 4.78 is 41.1. The lowest BCUT2D eigenvalue weighted by molar-refractivity contribution is -0.204. The number of fused-ring (bicyclic) bond motifs is 5. The van der Waals surface area contributed by atoms with Gasteiger partial charge in [-0.25, -0.2) is 8.78 Å². The van der Waals surface area contributed by atoms with Gasteiger partial charge in [0, 0.05) is 48.5 Å². The van der Waals surface area contributed by atoms with Gasteiger partial charge in [-0.05, 0) is 30.8 Å². The van der Waals surface area contributed by atoms with E-state index in [1.807, 2.05) is 0 Å². The normalized spacial score (nSPS) is 44.3. The fourth-order valence-corrected chi connectivity index (χ4v) is 8.06. The van der Waals surface area contributed by atoms with Gasteiger partial charge in [0.1, 0.15) is 5.83 Å². The minimum atomic E-state index is -2.10. The van der Waals surface area contributed by atoms with E-state index in [1.165, 1.54) is 19.9 Å². The Kier molecular flexibility index (Phi) is 6.10. The molecule has 35 heavy (non-hydrogen) atoms. The molecule has 192 valence electrons. The number of rotatable bonds is 4. The lowest BCUT2D eigenvalue weighted by Crippen LogP contribution is -2.64. The molecule has 1 N–H and O–H groups in total. The lowest BCUT2D eigenvalue weighted by Gasteiger charge is -2.59. The highest BCUT2D eigenvalue weighted by Gasteiger charge is 2.73. The average Bonchev–Trinajstić information content (AvgIpc) is 2.96. The molecule has 2 fully saturated rings. The summed E-state index contributed by atoms with van der Waals surface area (Å²) in [7, 11) is 0.